The molecule has 0 saturated carbocycles. The summed E-state index contributed by atoms with van der Waals surface area (Å²) in [5.41, 5.74) is 0.115. The monoisotopic (exact) mass is 385 g/mol. The molecule has 4 rings (SSSR count). The van der Waals surface area contributed by atoms with Crippen molar-refractivity contribution in [2.24, 2.45) is 0 Å². The zero-order chi connectivity index (χ0) is 18.5. The minimum atomic E-state index is -4.56. The molecule has 2 heterocycles. The molecule has 2 aliphatic heterocycles. The van der Waals surface area contributed by atoms with Crippen LogP contribution in [0.2, 0.25) is 0 Å². The van der Waals surface area contributed by atoms with Crippen LogP contribution in [0, 0.1) is 0 Å². The number of ether oxygens (including phenoxy) is 2. The molecule has 26 heavy (non-hydrogen) atoms. The van der Waals surface area contributed by atoms with Crippen LogP contribution in [-0.4, -0.2) is 21.6 Å². The fourth-order valence-electron chi connectivity index (χ4n) is 3.19. The number of nitrogens with one attached hydrogen (secondary N) is 1. The third-order valence-corrected chi connectivity index (χ3v) is 5.79. The molecule has 138 valence electrons. The van der Waals surface area contributed by atoms with Crippen molar-refractivity contribution in [3.05, 3.63) is 47.0 Å². The number of fused-ring (bicyclic) bond motifs is 2. The second-order valence-corrected chi connectivity index (χ2v) is 7.67. The Labute approximate surface area is 147 Å². The maximum Gasteiger partial charge on any atom is 0.416 e. The van der Waals surface area contributed by atoms with E-state index < -0.39 is 21.8 Å². The molecule has 0 aromatic heterocycles. The van der Waals surface area contributed by atoms with Crippen LogP contribution in [0.3, 0.4) is 0 Å². The molecular formula is C17H14F3NO4S. The van der Waals surface area contributed by atoms with Gasteiger partial charge < -0.3 is 9.47 Å². The molecule has 0 radical (unpaired) electrons. The van der Waals surface area contributed by atoms with Gasteiger partial charge in [-0.1, -0.05) is 6.07 Å². The molecule has 2 aromatic rings. The number of rotatable bonds is 3. The first-order valence-electron chi connectivity index (χ1n) is 7.90. The largest absolute Gasteiger partial charge is 0.493 e. The van der Waals surface area contributed by atoms with E-state index in [0.717, 1.165) is 23.8 Å². The highest BCUT2D eigenvalue weighted by Gasteiger charge is 2.35. The topological polar surface area (TPSA) is 64.6 Å². The fraction of sp³-hybridized carbons (Fsp3) is 0.294. The van der Waals surface area contributed by atoms with E-state index in [-0.39, 0.29) is 16.3 Å². The fourth-order valence-corrected chi connectivity index (χ4v) is 4.69. The summed E-state index contributed by atoms with van der Waals surface area (Å²) in [4.78, 5) is -0.0441. The van der Waals surface area contributed by atoms with Crippen molar-refractivity contribution in [3.8, 4) is 11.5 Å². The smallest absolute Gasteiger partial charge is 0.416 e. The molecule has 2 aliphatic rings. The lowest BCUT2D eigenvalue weighted by molar-refractivity contribution is -0.137. The van der Waals surface area contributed by atoms with E-state index >= 15 is 0 Å². The van der Waals surface area contributed by atoms with Gasteiger partial charge in [0.1, 0.15) is 16.4 Å². The number of benzene rings is 2. The van der Waals surface area contributed by atoms with Gasteiger partial charge in [-0.25, -0.2) is 8.42 Å². The molecule has 1 N–H and O–H groups in total. The van der Waals surface area contributed by atoms with E-state index in [1.165, 1.54) is 6.07 Å². The summed E-state index contributed by atoms with van der Waals surface area (Å²) >= 11 is 0. The summed E-state index contributed by atoms with van der Waals surface area (Å²) in [6.07, 6.45) is -3.61. The molecule has 0 atom stereocenters. The molecule has 2 aromatic carbocycles. The molecule has 0 bridgehead atoms. The number of sulfonamides is 1. The van der Waals surface area contributed by atoms with Crippen LogP contribution in [0.4, 0.5) is 18.9 Å². The normalized spacial score (nSPS) is 15.8. The Morgan fingerprint density at radius 3 is 2.58 bits per heavy atom. The number of anilines is 1. The number of halogens is 3. The number of hydrogen-bond donors (Lipinski definition) is 1. The van der Waals surface area contributed by atoms with Gasteiger partial charge in [-0.15, -0.1) is 0 Å². The lowest BCUT2D eigenvalue weighted by Crippen LogP contribution is -2.16. The Kier molecular flexibility index (Phi) is 3.80. The second-order valence-electron chi connectivity index (χ2n) is 6.05. The van der Waals surface area contributed by atoms with Crippen LogP contribution in [-0.2, 0) is 29.0 Å². The molecule has 0 unspecified atom stereocenters. The van der Waals surface area contributed by atoms with Gasteiger partial charge >= 0.3 is 6.18 Å². The van der Waals surface area contributed by atoms with E-state index in [2.05, 4.69) is 4.72 Å². The average Bonchev–Trinajstić information content (AvgIpc) is 3.19. The molecule has 0 saturated heterocycles. The van der Waals surface area contributed by atoms with Gasteiger partial charge in [-0.05, 0) is 24.3 Å². The third kappa shape index (κ3) is 2.86. The Morgan fingerprint density at radius 2 is 1.81 bits per heavy atom. The lowest BCUT2D eigenvalue weighted by Gasteiger charge is -2.15. The maximum absolute atomic E-state index is 13.0. The summed E-state index contributed by atoms with van der Waals surface area (Å²) in [7, 11) is -4.15. The van der Waals surface area contributed by atoms with Crippen LogP contribution < -0.4 is 14.2 Å². The number of hydrogen-bond acceptors (Lipinski definition) is 4. The van der Waals surface area contributed by atoms with Gasteiger partial charge in [0.05, 0.1) is 18.8 Å². The van der Waals surface area contributed by atoms with Crippen LogP contribution in [0.5, 0.6) is 11.5 Å². The van der Waals surface area contributed by atoms with Crippen molar-refractivity contribution >= 4 is 15.7 Å². The van der Waals surface area contributed by atoms with Crippen molar-refractivity contribution in [2.45, 2.75) is 23.9 Å². The summed E-state index contributed by atoms with van der Waals surface area (Å²) in [6, 6.07) is 5.84. The first-order chi connectivity index (χ1) is 12.3. The second kappa shape index (κ2) is 5.80. The summed E-state index contributed by atoms with van der Waals surface area (Å²) in [5.74, 6) is 0.743. The van der Waals surface area contributed by atoms with Gasteiger partial charge in [-0.3, -0.25) is 4.72 Å². The van der Waals surface area contributed by atoms with Gasteiger partial charge in [0, 0.05) is 29.7 Å². The van der Waals surface area contributed by atoms with Crippen molar-refractivity contribution < 1.29 is 31.1 Å². The average molecular weight is 385 g/mol. The Bertz CT molecular complexity index is 954. The quantitative estimate of drug-likeness (QED) is 0.880. The molecule has 0 aliphatic carbocycles. The molecule has 0 amide bonds. The maximum atomic E-state index is 13.0. The van der Waals surface area contributed by atoms with E-state index in [1.807, 2.05) is 0 Å². The van der Waals surface area contributed by atoms with Crippen LogP contribution in [0.15, 0.2) is 35.2 Å². The Hall–Kier alpha value is -2.42. The zero-order valence-electron chi connectivity index (χ0n) is 13.4. The number of alkyl halides is 3. The summed E-state index contributed by atoms with van der Waals surface area (Å²) in [6.45, 7) is 0.703. The first-order valence-corrected chi connectivity index (χ1v) is 9.38. The molecule has 0 fully saturated rings. The van der Waals surface area contributed by atoms with Gasteiger partial charge in [0.25, 0.3) is 10.0 Å². The van der Waals surface area contributed by atoms with Crippen molar-refractivity contribution in [1.29, 1.82) is 0 Å². The molecule has 9 heteroatoms. The first kappa shape index (κ1) is 17.0. The molecular weight excluding hydrogens is 371 g/mol. The lowest BCUT2D eigenvalue weighted by atomic mass is 10.1. The standard InChI is InChI=1S/C17H14F3NO4S/c18-17(19,20)11-2-1-3-12(9-11)21-26(22,23)16-13-5-7-24-14(13)8-10-4-6-25-15(10)16/h1-3,8-9,21H,4-7H2. The minimum Gasteiger partial charge on any atom is -0.493 e. The predicted octanol–water partition coefficient (Wildman–Crippen LogP) is 3.38. The van der Waals surface area contributed by atoms with E-state index in [4.69, 9.17) is 9.47 Å². The van der Waals surface area contributed by atoms with Gasteiger partial charge in [-0.2, -0.15) is 13.2 Å². The van der Waals surface area contributed by atoms with Crippen molar-refractivity contribution in [2.75, 3.05) is 17.9 Å². The van der Waals surface area contributed by atoms with Crippen molar-refractivity contribution in [1.82, 2.24) is 0 Å². The zero-order valence-corrected chi connectivity index (χ0v) is 14.2. The van der Waals surface area contributed by atoms with E-state index in [0.29, 0.717) is 37.4 Å². The summed E-state index contributed by atoms with van der Waals surface area (Å²) < 4.78 is 77.7. The van der Waals surface area contributed by atoms with Gasteiger partial charge in [0.2, 0.25) is 0 Å². The van der Waals surface area contributed by atoms with Crippen LogP contribution >= 0.6 is 0 Å². The van der Waals surface area contributed by atoms with Crippen molar-refractivity contribution in [3.63, 3.8) is 0 Å². The van der Waals surface area contributed by atoms with Crippen LogP contribution in [0.25, 0.3) is 0 Å². The Balaban J connectivity index is 1.78. The van der Waals surface area contributed by atoms with Gasteiger partial charge in [0.15, 0.2) is 0 Å². The highest BCUT2D eigenvalue weighted by Crippen LogP contribution is 2.43. The Morgan fingerprint density at radius 1 is 1.04 bits per heavy atom. The van der Waals surface area contributed by atoms with Crippen LogP contribution in [0.1, 0.15) is 16.7 Å². The highest BCUT2D eigenvalue weighted by atomic mass is 32.2. The predicted molar refractivity (Wildman–Crippen MR) is 87.1 cm³/mol. The molecule has 0 spiro atoms. The molecule has 5 nitrogen and oxygen atoms in total. The van der Waals surface area contributed by atoms with E-state index in [1.54, 1.807) is 6.07 Å². The summed E-state index contributed by atoms with van der Waals surface area (Å²) in [5, 5.41) is 0. The highest BCUT2D eigenvalue weighted by molar-refractivity contribution is 7.92. The minimum absolute atomic E-state index is 0.0441. The third-order valence-electron chi connectivity index (χ3n) is 4.31. The van der Waals surface area contributed by atoms with E-state index in [9.17, 15) is 21.6 Å². The SMILES string of the molecule is O=S(=O)(Nc1cccc(C(F)(F)F)c1)c1c2c(cc3c1OCC3)OCC2.